The van der Waals surface area contributed by atoms with Gasteiger partial charge in [-0.3, -0.25) is 8.37 Å². The predicted octanol–water partition coefficient (Wildman–Crippen LogP) is -8.60. The van der Waals surface area contributed by atoms with E-state index in [9.17, 15) is 71.9 Å². The van der Waals surface area contributed by atoms with Gasteiger partial charge in [0, 0.05) is 0 Å². The molecule has 0 aliphatic carbocycles. The fourth-order valence-corrected chi connectivity index (χ4v) is 4.93. The molecule has 3 rings (SSSR count). The minimum absolute atomic E-state index is 0.910. The highest BCUT2D eigenvalue weighted by Gasteiger charge is 2.53. The summed E-state index contributed by atoms with van der Waals surface area (Å²) in [7, 11) is -10.7. The topological polar surface area (TPSA) is 361 Å². The van der Waals surface area contributed by atoms with Crippen molar-refractivity contribution < 1.29 is 104 Å². The van der Waals surface area contributed by atoms with Gasteiger partial charge in [0.1, 0.15) is 73.2 Å². The molecule has 0 aromatic carbocycles. The van der Waals surface area contributed by atoms with Gasteiger partial charge in [0.2, 0.25) is 20.8 Å². The molecular formula is C18H30O22S2-2. The molecule has 0 bridgehead atoms. The number of rotatable bonds is 11. The van der Waals surface area contributed by atoms with Gasteiger partial charge in [0.25, 0.3) is 0 Å². The first-order chi connectivity index (χ1) is 19.3. The number of ether oxygens (including phenoxy) is 5. The second kappa shape index (κ2) is 14.1. The van der Waals surface area contributed by atoms with Gasteiger partial charge in [0.15, 0.2) is 18.9 Å². The maximum absolute atomic E-state index is 11.1. The first-order valence-corrected chi connectivity index (χ1v) is 14.5. The fraction of sp³-hybridized carbons (Fsp3) is 1.00. The Morgan fingerprint density at radius 2 is 0.976 bits per heavy atom. The van der Waals surface area contributed by atoms with E-state index in [1.54, 1.807) is 0 Å². The smallest absolute Gasteiger partial charge is 0.217 e. The zero-order chi connectivity index (χ0) is 31.7. The van der Waals surface area contributed by atoms with E-state index in [0.717, 1.165) is 0 Å². The van der Waals surface area contributed by atoms with E-state index >= 15 is 0 Å². The Balaban J connectivity index is 1.83. The van der Waals surface area contributed by atoms with Crippen LogP contribution in [-0.2, 0) is 52.8 Å². The molecule has 0 amide bonds. The van der Waals surface area contributed by atoms with Crippen LogP contribution in [0, 0.1) is 0 Å². The summed E-state index contributed by atoms with van der Waals surface area (Å²) < 4.78 is 99.7. The van der Waals surface area contributed by atoms with Crippen LogP contribution in [-0.4, -0.2) is 184 Å². The molecule has 0 unspecified atom stereocenters. The van der Waals surface area contributed by atoms with E-state index in [-0.39, 0.29) is 0 Å². The third kappa shape index (κ3) is 8.67. The Hall–Kier alpha value is -0.820. The van der Waals surface area contributed by atoms with Crippen LogP contribution in [0.2, 0.25) is 0 Å². The summed E-state index contributed by atoms with van der Waals surface area (Å²) in [6, 6.07) is 0. The van der Waals surface area contributed by atoms with Gasteiger partial charge in [-0.05, 0) is 0 Å². The minimum Gasteiger partial charge on any atom is -0.726 e. The Kier molecular flexibility index (Phi) is 12.0. The zero-order valence-electron chi connectivity index (χ0n) is 20.9. The van der Waals surface area contributed by atoms with E-state index in [2.05, 4.69) is 8.37 Å². The minimum atomic E-state index is -5.43. The van der Waals surface area contributed by atoms with Crippen LogP contribution >= 0.6 is 0 Å². The second-order valence-corrected chi connectivity index (χ2v) is 11.5. The molecule has 0 spiro atoms. The normalized spacial score (nSPS) is 45.5. The third-order valence-electron chi connectivity index (χ3n) is 6.48. The van der Waals surface area contributed by atoms with Gasteiger partial charge in [-0.1, -0.05) is 0 Å². The van der Waals surface area contributed by atoms with Crippen molar-refractivity contribution in [2.75, 3.05) is 19.8 Å². The van der Waals surface area contributed by atoms with Gasteiger partial charge in [-0.2, -0.15) is 0 Å². The lowest BCUT2D eigenvalue weighted by Crippen LogP contribution is -2.66. The van der Waals surface area contributed by atoms with Crippen LogP contribution in [0.1, 0.15) is 0 Å². The molecule has 3 fully saturated rings. The van der Waals surface area contributed by atoms with Crippen LogP contribution < -0.4 is 0 Å². The standard InChI is InChI=1S/C18H32O22S2/c19-1-4-14(9(22)11(24)16(27)36-4)39-18-13(26)10(23)15(6(38-18)3-35-42(31,32)33)40-17-12(25)8(21)7(20)5(37-17)2-34-41(28,29)30/h4-27H,1-3H2,(H,28,29,30)(H,31,32,33)/p-2/t4-,5-,6-,7-,8+,9-,10-,11-,12-,13-,14-,15-,16-,17+,18+/m1/s1. The summed E-state index contributed by atoms with van der Waals surface area (Å²) in [4.78, 5) is 0. The van der Waals surface area contributed by atoms with Gasteiger partial charge in [-0.25, -0.2) is 16.8 Å². The maximum atomic E-state index is 11.1. The number of aliphatic hydroxyl groups excluding tert-OH is 9. The van der Waals surface area contributed by atoms with Gasteiger partial charge in [0.05, 0.1) is 19.8 Å². The highest BCUT2D eigenvalue weighted by Crippen LogP contribution is 2.32. The SMILES string of the molecule is O=S(=O)([O-])OC[C@H]1O[C@@H](O[C@H]2[C@H](O)[C@@H](O)[C@H](O[C@H]3[C@H](O)[C@@H](O)[C@H](O)O[C@@H]3CO)O[C@@H]2COS(=O)(=O)[O-])[C@H](O)[C@@H](O)[C@@H]1O. The van der Waals surface area contributed by atoms with E-state index < -0.39 is 133 Å². The summed E-state index contributed by atoms with van der Waals surface area (Å²) >= 11 is 0. The van der Waals surface area contributed by atoms with Crippen molar-refractivity contribution in [3.63, 3.8) is 0 Å². The van der Waals surface area contributed by atoms with E-state index in [0.29, 0.717) is 0 Å². The lowest BCUT2D eigenvalue weighted by Gasteiger charge is -2.48. The van der Waals surface area contributed by atoms with E-state index in [1.807, 2.05) is 0 Å². The van der Waals surface area contributed by atoms with Crippen molar-refractivity contribution in [3.05, 3.63) is 0 Å². The molecule has 0 radical (unpaired) electrons. The molecule has 0 aromatic heterocycles. The molecule has 24 heteroatoms. The second-order valence-electron chi connectivity index (χ2n) is 9.35. The summed E-state index contributed by atoms with van der Waals surface area (Å²) in [5.74, 6) is 0. The molecule has 3 heterocycles. The predicted molar refractivity (Wildman–Crippen MR) is 118 cm³/mol. The van der Waals surface area contributed by atoms with Crippen LogP contribution in [0.4, 0.5) is 0 Å². The Bertz CT molecular complexity index is 1090. The zero-order valence-corrected chi connectivity index (χ0v) is 22.6. The number of hydrogen-bond donors (Lipinski definition) is 9. The Morgan fingerprint density at radius 1 is 0.548 bits per heavy atom. The van der Waals surface area contributed by atoms with Crippen LogP contribution in [0.25, 0.3) is 0 Å². The Morgan fingerprint density at radius 3 is 1.48 bits per heavy atom. The largest absolute Gasteiger partial charge is 0.726 e. The Labute approximate surface area is 237 Å². The third-order valence-corrected chi connectivity index (χ3v) is 7.33. The average Bonchev–Trinajstić information content (AvgIpc) is 2.90. The van der Waals surface area contributed by atoms with Crippen LogP contribution in [0.5, 0.6) is 0 Å². The monoisotopic (exact) mass is 662 g/mol. The van der Waals surface area contributed by atoms with Gasteiger partial charge in [-0.15, -0.1) is 0 Å². The lowest BCUT2D eigenvalue weighted by atomic mass is 9.96. The number of hydrogen-bond acceptors (Lipinski definition) is 22. The molecule has 3 saturated heterocycles. The molecule has 3 aliphatic rings. The molecule has 0 saturated carbocycles. The summed E-state index contributed by atoms with van der Waals surface area (Å²) in [5.41, 5.74) is 0. The van der Waals surface area contributed by atoms with Crippen molar-refractivity contribution >= 4 is 20.8 Å². The maximum Gasteiger partial charge on any atom is 0.217 e. The molecule has 42 heavy (non-hydrogen) atoms. The van der Waals surface area contributed by atoms with Crippen LogP contribution in [0.3, 0.4) is 0 Å². The van der Waals surface area contributed by atoms with E-state index in [1.165, 1.54) is 0 Å². The molecule has 15 atom stereocenters. The van der Waals surface area contributed by atoms with Crippen molar-refractivity contribution in [1.29, 1.82) is 0 Å². The summed E-state index contributed by atoms with van der Waals surface area (Å²) in [6.45, 7) is -3.35. The molecule has 248 valence electrons. The molecule has 0 aromatic rings. The highest BCUT2D eigenvalue weighted by molar-refractivity contribution is 7.81. The first-order valence-electron chi connectivity index (χ1n) is 11.9. The van der Waals surface area contributed by atoms with Crippen molar-refractivity contribution in [3.8, 4) is 0 Å². The number of aliphatic hydroxyl groups is 9. The van der Waals surface area contributed by atoms with Crippen LogP contribution in [0.15, 0.2) is 0 Å². The highest BCUT2D eigenvalue weighted by atomic mass is 32.3. The fourth-order valence-electron chi connectivity index (χ4n) is 4.33. The molecule has 9 N–H and O–H groups in total. The first kappa shape index (κ1) is 35.7. The van der Waals surface area contributed by atoms with Gasteiger partial charge < -0.3 is 78.7 Å². The van der Waals surface area contributed by atoms with Crippen molar-refractivity contribution in [1.82, 2.24) is 0 Å². The van der Waals surface area contributed by atoms with Crippen molar-refractivity contribution in [2.24, 2.45) is 0 Å². The summed E-state index contributed by atoms with van der Waals surface area (Å²) in [6.07, 6.45) is -30.0. The molecule has 22 nitrogen and oxygen atoms in total. The molecular weight excluding hydrogens is 632 g/mol. The van der Waals surface area contributed by atoms with Gasteiger partial charge >= 0.3 is 0 Å². The average molecular weight is 663 g/mol. The van der Waals surface area contributed by atoms with Crippen molar-refractivity contribution in [2.45, 2.75) is 92.1 Å². The summed E-state index contributed by atoms with van der Waals surface area (Å²) in [5, 5.41) is 91.2. The quantitative estimate of drug-likeness (QED) is 0.0732. The lowest BCUT2D eigenvalue weighted by molar-refractivity contribution is -0.377. The van der Waals surface area contributed by atoms with E-state index in [4.69, 9.17) is 23.7 Å². The molecule has 3 aliphatic heterocycles.